The van der Waals surface area contributed by atoms with Gasteiger partial charge >= 0.3 is 0 Å². The van der Waals surface area contributed by atoms with Crippen molar-refractivity contribution in [2.45, 2.75) is 19.3 Å². The van der Waals surface area contributed by atoms with Crippen LogP contribution in [0.3, 0.4) is 0 Å². The van der Waals surface area contributed by atoms with Crippen LogP contribution >= 0.6 is 0 Å². The van der Waals surface area contributed by atoms with Gasteiger partial charge in [0.1, 0.15) is 0 Å². The molecular formula is C20H25N3O2. The number of anilines is 1. The zero-order chi connectivity index (χ0) is 17.6. The first-order chi connectivity index (χ1) is 12.1. The lowest BCUT2D eigenvalue weighted by atomic mass is 10.1. The number of hydrogen-bond donors (Lipinski definition) is 1. The van der Waals surface area contributed by atoms with Gasteiger partial charge in [-0.15, -0.1) is 0 Å². The predicted molar refractivity (Wildman–Crippen MR) is 99.1 cm³/mol. The average Bonchev–Trinajstić information content (AvgIpc) is 3.44. The number of carbonyl (C=O) groups excluding carboxylic acids is 1. The lowest BCUT2D eigenvalue weighted by Crippen LogP contribution is -2.15. The summed E-state index contributed by atoms with van der Waals surface area (Å²) < 4.78 is 5.59. The smallest absolute Gasteiger partial charge is 0.257 e. The molecule has 3 rings (SSSR count). The molecule has 1 aromatic heterocycles. The zero-order valence-corrected chi connectivity index (χ0v) is 14.9. The number of aromatic nitrogens is 1. The van der Waals surface area contributed by atoms with E-state index in [-0.39, 0.29) is 5.91 Å². The minimum absolute atomic E-state index is 0.165. The molecule has 1 heterocycles. The Hall–Kier alpha value is -2.40. The van der Waals surface area contributed by atoms with Crippen LogP contribution in [-0.2, 0) is 6.42 Å². The van der Waals surface area contributed by atoms with Crippen LogP contribution in [0.5, 0.6) is 5.88 Å². The summed E-state index contributed by atoms with van der Waals surface area (Å²) >= 11 is 0. The van der Waals surface area contributed by atoms with Crippen LogP contribution in [0.1, 0.15) is 28.8 Å². The summed E-state index contributed by atoms with van der Waals surface area (Å²) in [6, 6.07) is 11.5. The van der Waals surface area contributed by atoms with Gasteiger partial charge in [0.25, 0.3) is 5.91 Å². The highest BCUT2D eigenvalue weighted by atomic mass is 16.5. The number of benzene rings is 1. The third-order valence-corrected chi connectivity index (χ3v) is 4.22. The lowest BCUT2D eigenvalue weighted by molar-refractivity contribution is 0.102. The van der Waals surface area contributed by atoms with Crippen molar-refractivity contribution in [3.63, 3.8) is 0 Å². The number of nitrogens with zero attached hydrogens (tertiary/aromatic N) is 2. The standard InChI is InChI=1S/C20H25N3O2/c1-23(2)12-11-15-5-8-18(9-6-15)22-20(24)17-7-10-19(21-13-17)25-14-16-3-4-16/h5-10,13,16H,3-4,11-12,14H2,1-2H3,(H,22,24). The van der Waals surface area contributed by atoms with Crippen molar-refractivity contribution in [2.24, 2.45) is 5.92 Å². The van der Waals surface area contributed by atoms with E-state index in [1.165, 1.54) is 18.4 Å². The number of pyridine rings is 1. The Morgan fingerprint density at radius 1 is 1.20 bits per heavy atom. The molecule has 0 saturated heterocycles. The minimum Gasteiger partial charge on any atom is -0.477 e. The summed E-state index contributed by atoms with van der Waals surface area (Å²) in [6.07, 6.45) is 5.04. The van der Waals surface area contributed by atoms with Crippen LogP contribution in [-0.4, -0.2) is 43.0 Å². The van der Waals surface area contributed by atoms with E-state index in [2.05, 4.69) is 29.3 Å². The van der Waals surface area contributed by atoms with Crippen LogP contribution in [0.2, 0.25) is 0 Å². The molecule has 0 spiro atoms. The molecule has 0 radical (unpaired) electrons. The third kappa shape index (κ3) is 5.57. The molecule has 1 amide bonds. The number of carbonyl (C=O) groups is 1. The highest BCUT2D eigenvalue weighted by molar-refractivity contribution is 6.04. The van der Waals surface area contributed by atoms with Crippen molar-refractivity contribution in [2.75, 3.05) is 32.6 Å². The maximum Gasteiger partial charge on any atom is 0.257 e. The van der Waals surface area contributed by atoms with Gasteiger partial charge in [-0.25, -0.2) is 4.98 Å². The van der Waals surface area contributed by atoms with Crippen LogP contribution in [0.25, 0.3) is 0 Å². The molecule has 1 aromatic carbocycles. The van der Waals surface area contributed by atoms with Crippen molar-refractivity contribution < 1.29 is 9.53 Å². The zero-order valence-electron chi connectivity index (χ0n) is 14.9. The number of likely N-dealkylation sites (N-methyl/N-ethyl adjacent to an activating group) is 1. The molecule has 25 heavy (non-hydrogen) atoms. The van der Waals surface area contributed by atoms with Crippen molar-refractivity contribution in [3.05, 3.63) is 53.7 Å². The molecule has 0 unspecified atom stereocenters. The molecule has 0 aliphatic heterocycles. The number of amides is 1. The maximum atomic E-state index is 12.3. The Bertz CT molecular complexity index is 692. The van der Waals surface area contributed by atoms with E-state index in [4.69, 9.17) is 4.74 Å². The summed E-state index contributed by atoms with van der Waals surface area (Å²) in [6.45, 7) is 1.73. The first-order valence-corrected chi connectivity index (χ1v) is 8.74. The Morgan fingerprint density at radius 2 is 1.96 bits per heavy atom. The van der Waals surface area contributed by atoms with Gasteiger partial charge in [0, 0.05) is 24.5 Å². The van der Waals surface area contributed by atoms with Gasteiger partial charge in [-0.1, -0.05) is 12.1 Å². The van der Waals surface area contributed by atoms with E-state index in [1.54, 1.807) is 18.3 Å². The number of hydrogen-bond acceptors (Lipinski definition) is 4. The van der Waals surface area contributed by atoms with E-state index >= 15 is 0 Å². The molecular weight excluding hydrogens is 314 g/mol. The van der Waals surface area contributed by atoms with Gasteiger partial charge in [-0.05, 0) is 63.0 Å². The SMILES string of the molecule is CN(C)CCc1ccc(NC(=O)c2ccc(OCC3CC3)nc2)cc1. The van der Waals surface area contributed by atoms with Gasteiger partial charge in [0.05, 0.1) is 12.2 Å². The van der Waals surface area contributed by atoms with E-state index in [0.29, 0.717) is 17.4 Å². The Balaban J connectivity index is 1.52. The van der Waals surface area contributed by atoms with Gasteiger partial charge in [-0.2, -0.15) is 0 Å². The molecule has 5 nitrogen and oxygen atoms in total. The maximum absolute atomic E-state index is 12.3. The van der Waals surface area contributed by atoms with E-state index < -0.39 is 0 Å². The summed E-state index contributed by atoms with van der Waals surface area (Å²) in [5, 5.41) is 2.90. The van der Waals surface area contributed by atoms with Crippen molar-refractivity contribution in [1.29, 1.82) is 0 Å². The molecule has 1 aliphatic carbocycles. The van der Waals surface area contributed by atoms with Gasteiger partial charge in [0.2, 0.25) is 5.88 Å². The number of ether oxygens (including phenoxy) is 1. The molecule has 0 atom stereocenters. The second kappa shape index (κ2) is 8.12. The molecule has 2 aromatic rings. The second-order valence-corrected chi connectivity index (χ2v) is 6.84. The fourth-order valence-corrected chi connectivity index (χ4v) is 2.40. The Morgan fingerprint density at radius 3 is 2.56 bits per heavy atom. The minimum atomic E-state index is -0.165. The van der Waals surface area contributed by atoms with Crippen molar-refractivity contribution in [3.8, 4) is 5.88 Å². The largest absolute Gasteiger partial charge is 0.477 e. The third-order valence-electron chi connectivity index (χ3n) is 4.22. The molecule has 1 aliphatic rings. The molecule has 1 fully saturated rings. The number of nitrogens with one attached hydrogen (secondary N) is 1. The van der Waals surface area contributed by atoms with Crippen LogP contribution in [0.15, 0.2) is 42.6 Å². The Kier molecular flexibility index (Phi) is 5.66. The van der Waals surface area contributed by atoms with E-state index in [9.17, 15) is 4.79 Å². The van der Waals surface area contributed by atoms with E-state index in [1.807, 2.05) is 24.3 Å². The van der Waals surface area contributed by atoms with Crippen molar-refractivity contribution in [1.82, 2.24) is 9.88 Å². The van der Waals surface area contributed by atoms with Gasteiger partial charge in [-0.3, -0.25) is 4.79 Å². The van der Waals surface area contributed by atoms with Crippen LogP contribution in [0.4, 0.5) is 5.69 Å². The molecule has 132 valence electrons. The van der Waals surface area contributed by atoms with E-state index in [0.717, 1.165) is 25.3 Å². The predicted octanol–water partition coefficient (Wildman–Crippen LogP) is 3.23. The number of rotatable bonds is 8. The molecule has 0 bridgehead atoms. The molecule has 1 saturated carbocycles. The molecule has 1 N–H and O–H groups in total. The highest BCUT2D eigenvalue weighted by Crippen LogP contribution is 2.29. The first-order valence-electron chi connectivity index (χ1n) is 8.74. The summed E-state index contributed by atoms with van der Waals surface area (Å²) in [5.74, 6) is 1.10. The topological polar surface area (TPSA) is 54.5 Å². The monoisotopic (exact) mass is 339 g/mol. The second-order valence-electron chi connectivity index (χ2n) is 6.84. The molecule has 5 heteroatoms. The quantitative estimate of drug-likeness (QED) is 0.802. The Labute approximate surface area is 149 Å². The van der Waals surface area contributed by atoms with Crippen molar-refractivity contribution >= 4 is 11.6 Å². The normalized spacial score (nSPS) is 13.7. The van der Waals surface area contributed by atoms with Crippen LogP contribution < -0.4 is 10.1 Å². The average molecular weight is 339 g/mol. The highest BCUT2D eigenvalue weighted by Gasteiger charge is 2.22. The van der Waals surface area contributed by atoms with Gasteiger partial charge < -0.3 is 15.0 Å². The van der Waals surface area contributed by atoms with Gasteiger partial charge in [0.15, 0.2) is 0 Å². The fraction of sp³-hybridized carbons (Fsp3) is 0.400. The fourth-order valence-electron chi connectivity index (χ4n) is 2.40. The first kappa shape index (κ1) is 17.4. The summed E-state index contributed by atoms with van der Waals surface area (Å²) in [4.78, 5) is 18.7. The lowest BCUT2D eigenvalue weighted by Gasteiger charge is -2.10. The summed E-state index contributed by atoms with van der Waals surface area (Å²) in [7, 11) is 4.12. The van der Waals surface area contributed by atoms with Crippen LogP contribution in [0, 0.1) is 5.92 Å². The summed E-state index contributed by atoms with van der Waals surface area (Å²) in [5.41, 5.74) is 2.56.